The number of pyridine rings is 2. The molecule has 40 heavy (non-hydrogen) atoms. The fourth-order valence-corrected chi connectivity index (χ4v) is 4.51. The molecule has 0 saturated carbocycles. The molecule has 0 bridgehead atoms. The summed E-state index contributed by atoms with van der Waals surface area (Å²) in [5.41, 5.74) is 7.62. The van der Waals surface area contributed by atoms with Gasteiger partial charge in [0, 0.05) is 43.4 Å². The van der Waals surface area contributed by atoms with Gasteiger partial charge in [0.05, 0.1) is 17.2 Å². The van der Waals surface area contributed by atoms with Crippen molar-refractivity contribution in [3.63, 3.8) is 0 Å². The average molecular weight is 692 g/mol. The first-order valence-corrected chi connectivity index (χ1v) is 12.5. The number of aromatic nitrogens is 2. The second kappa shape index (κ2) is 12.3. The van der Waals surface area contributed by atoms with E-state index >= 15 is 0 Å². The Morgan fingerprint density at radius 1 is 0.675 bits per heavy atom. The Morgan fingerprint density at radius 3 is 2.08 bits per heavy atom. The summed E-state index contributed by atoms with van der Waals surface area (Å²) in [5.74, 6) is 0. The number of hydrogen-bond acceptors (Lipinski definition) is 4. The van der Waals surface area contributed by atoms with Gasteiger partial charge in [-0.2, -0.15) is 5.26 Å². The van der Waals surface area contributed by atoms with Gasteiger partial charge < -0.3 is 14.4 Å². The summed E-state index contributed by atoms with van der Waals surface area (Å²) in [5, 5.41) is 11.6. The van der Waals surface area contributed by atoms with E-state index in [1.54, 1.807) is 12.4 Å². The molecule has 7 rings (SSSR count). The second-order valence-electron chi connectivity index (χ2n) is 8.78. The third kappa shape index (κ3) is 5.46. The van der Waals surface area contributed by atoms with Crippen LogP contribution in [0.25, 0.3) is 55.6 Å². The predicted octanol–water partition coefficient (Wildman–Crippen LogP) is 8.53. The van der Waals surface area contributed by atoms with E-state index in [0.29, 0.717) is 5.56 Å². The average Bonchev–Trinajstić information content (AvgIpc) is 3.40. The molecule has 0 spiro atoms. The van der Waals surface area contributed by atoms with Crippen molar-refractivity contribution in [2.45, 2.75) is 0 Å². The third-order valence-electron chi connectivity index (χ3n) is 6.35. The Bertz CT molecular complexity index is 1860. The molecule has 0 aliphatic carbocycles. The molecule has 0 saturated heterocycles. The Morgan fingerprint density at radius 2 is 1.40 bits per heavy atom. The molecule has 0 amide bonds. The number of hydrogen-bond donors (Lipinski definition) is 0. The van der Waals surface area contributed by atoms with Gasteiger partial charge in [0.25, 0.3) is 0 Å². The van der Waals surface area contributed by atoms with E-state index in [-0.39, 0.29) is 20.1 Å². The molecule has 4 aromatic carbocycles. The summed E-state index contributed by atoms with van der Waals surface area (Å²) >= 11 is 0. The summed E-state index contributed by atoms with van der Waals surface area (Å²) in [6.07, 6.45) is 3.54. The summed E-state index contributed by atoms with van der Waals surface area (Å²) in [6.45, 7) is 0. The van der Waals surface area contributed by atoms with Gasteiger partial charge in [-0.15, -0.1) is 54.1 Å². The zero-order valence-corrected chi connectivity index (χ0v) is 23.6. The SMILES string of the molecule is N#Cc1cc2c(cc1-c1ccccc1)oc1c(-c3ccccn3)[c-]ccc12.[Ir].[c-]1ccccc1-c1ccccn1. The van der Waals surface area contributed by atoms with Crippen molar-refractivity contribution < 1.29 is 24.5 Å². The minimum Gasteiger partial charge on any atom is -0.501 e. The van der Waals surface area contributed by atoms with Crippen LogP contribution in [0.4, 0.5) is 0 Å². The number of furan rings is 1. The molecule has 3 heterocycles. The molecule has 3 aromatic heterocycles. The van der Waals surface area contributed by atoms with E-state index in [9.17, 15) is 5.26 Å². The molecule has 7 aromatic rings. The smallest absolute Gasteiger partial charge is 0.121 e. The van der Waals surface area contributed by atoms with Crippen LogP contribution in [-0.2, 0) is 20.1 Å². The van der Waals surface area contributed by atoms with Gasteiger partial charge in [-0.05, 0) is 41.2 Å². The maximum absolute atomic E-state index is 9.68. The van der Waals surface area contributed by atoms with E-state index in [2.05, 4.69) is 28.2 Å². The van der Waals surface area contributed by atoms with E-state index in [4.69, 9.17) is 4.42 Å². The molecule has 0 aliphatic heterocycles. The van der Waals surface area contributed by atoms with Crippen LogP contribution in [0.1, 0.15) is 5.56 Å². The molecule has 0 atom stereocenters. The van der Waals surface area contributed by atoms with Crippen molar-refractivity contribution in [1.82, 2.24) is 9.97 Å². The fraction of sp³-hybridized carbons (Fsp3) is 0. The predicted molar refractivity (Wildman–Crippen MR) is 154 cm³/mol. The first-order valence-electron chi connectivity index (χ1n) is 12.5. The van der Waals surface area contributed by atoms with Crippen LogP contribution < -0.4 is 0 Å². The molecule has 1 radical (unpaired) electrons. The van der Waals surface area contributed by atoms with Crippen LogP contribution >= 0.6 is 0 Å². The topological polar surface area (TPSA) is 62.7 Å². The maximum atomic E-state index is 9.68. The minimum absolute atomic E-state index is 0. The van der Waals surface area contributed by atoms with Gasteiger partial charge in [-0.25, -0.2) is 0 Å². The van der Waals surface area contributed by atoms with Gasteiger partial charge >= 0.3 is 0 Å². The van der Waals surface area contributed by atoms with Crippen LogP contribution in [0.5, 0.6) is 0 Å². The molecule has 0 N–H and O–H groups in total. The summed E-state index contributed by atoms with van der Waals surface area (Å²) in [6, 6.07) is 45.7. The maximum Gasteiger partial charge on any atom is 0.121 e. The Kier molecular flexibility index (Phi) is 8.23. The minimum atomic E-state index is 0. The Balaban J connectivity index is 0.000000209. The number of rotatable bonds is 3. The molecule has 0 aliphatic rings. The van der Waals surface area contributed by atoms with Crippen LogP contribution in [0.3, 0.4) is 0 Å². The fourth-order valence-electron chi connectivity index (χ4n) is 4.51. The first-order chi connectivity index (χ1) is 19.3. The van der Waals surface area contributed by atoms with Crippen molar-refractivity contribution in [3.8, 4) is 39.7 Å². The third-order valence-corrected chi connectivity index (χ3v) is 6.35. The molecule has 4 nitrogen and oxygen atoms in total. The van der Waals surface area contributed by atoms with Crippen molar-refractivity contribution in [3.05, 3.63) is 145 Å². The molecule has 5 heteroatoms. The van der Waals surface area contributed by atoms with Gasteiger partial charge in [-0.3, -0.25) is 0 Å². The number of nitriles is 1. The van der Waals surface area contributed by atoms with Crippen molar-refractivity contribution in [2.24, 2.45) is 0 Å². The van der Waals surface area contributed by atoms with Crippen LogP contribution in [0.2, 0.25) is 0 Å². The molecule has 0 unspecified atom stereocenters. The standard InChI is InChI=1S/C24H13N2O.C11H8N.Ir/c25-15-17-13-21-18-9-6-10-19(22-11-4-5-12-26-22)24(18)27-23(21)14-20(17)16-7-2-1-3-8-16;1-2-6-10(7-3-1)11-8-4-5-9-12-11;/h1-9,11-14H;1-6,8-9H;/q2*-1;. The number of benzene rings is 4. The normalized spacial score (nSPS) is 10.3. The molecule has 0 fully saturated rings. The van der Waals surface area contributed by atoms with Gasteiger partial charge in [0.15, 0.2) is 0 Å². The first kappa shape index (κ1) is 26.7. The van der Waals surface area contributed by atoms with Gasteiger partial charge in [0.1, 0.15) is 5.58 Å². The number of fused-ring (bicyclic) bond motifs is 3. The van der Waals surface area contributed by atoms with E-state index < -0.39 is 0 Å². The quantitative estimate of drug-likeness (QED) is 0.174. The molecule has 193 valence electrons. The van der Waals surface area contributed by atoms with Crippen LogP contribution in [0, 0.1) is 23.5 Å². The zero-order valence-electron chi connectivity index (χ0n) is 21.2. The van der Waals surface area contributed by atoms with Crippen molar-refractivity contribution >= 4 is 21.9 Å². The van der Waals surface area contributed by atoms with E-state index in [0.717, 1.165) is 55.6 Å². The second-order valence-corrected chi connectivity index (χ2v) is 8.78. The van der Waals surface area contributed by atoms with Crippen molar-refractivity contribution in [2.75, 3.05) is 0 Å². The monoisotopic (exact) mass is 692 g/mol. The Labute approximate surface area is 245 Å². The zero-order chi connectivity index (χ0) is 26.4. The van der Waals surface area contributed by atoms with Crippen molar-refractivity contribution in [1.29, 1.82) is 5.26 Å². The summed E-state index contributed by atoms with van der Waals surface area (Å²) < 4.78 is 6.22. The summed E-state index contributed by atoms with van der Waals surface area (Å²) in [4.78, 5) is 8.64. The van der Waals surface area contributed by atoms with E-state index in [1.807, 2.05) is 115 Å². The van der Waals surface area contributed by atoms with Crippen LogP contribution in [-0.4, -0.2) is 9.97 Å². The summed E-state index contributed by atoms with van der Waals surface area (Å²) in [7, 11) is 0. The largest absolute Gasteiger partial charge is 0.501 e. The molecular formula is C35H21IrN3O-2. The van der Waals surface area contributed by atoms with Gasteiger partial charge in [0.2, 0.25) is 0 Å². The van der Waals surface area contributed by atoms with E-state index in [1.165, 1.54) is 0 Å². The molecular weight excluding hydrogens is 671 g/mol. The van der Waals surface area contributed by atoms with Gasteiger partial charge in [-0.1, -0.05) is 65.5 Å². The Hall–Kier alpha value is -4.88. The number of nitrogens with zero attached hydrogens (tertiary/aromatic N) is 3. The van der Waals surface area contributed by atoms with Crippen LogP contribution in [0.15, 0.2) is 132 Å².